The van der Waals surface area contributed by atoms with Gasteiger partial charge in [-0.2, -0.15) is 0 Å². The average Bonchev–Trinajstić information content (AvgIpc) is 2.37. The van der Waals surface area contributed by atoms with Crippen molar-refractivity contribution in [3.05, 3.63) is 0 Å². The highest BCUT2D eigenvalue weighted by molar-refractivity contribution is 4.52. The van der Waals surface area contributed by atoms with Crippen LogP contribution in [0.4, 0.5) is 0 Å². The van der Waals surface area contributed by atoms with Gasteiger partial charge in [0.1, 0.15) is 0 Å². The van der Waals surface area contributed by atoms with Gasteiger partial charge in [0, 0.05) is 27.3 Å². The summed E-state index contributed by atoms with van der Waals surface area (Å²) < 4.78 is 9.85. The number of hydrogen-bond donors (Lipinski definition) is 2. The first-order chi connectivity index (χ1) is 7.69. The third-order valence-corrected chi connectivity index (χ3v) is 2.10. The second-order valence-electron chi connectivity index (χ2n) is 3.00. The molecule has 0 aromatic carbocycles. The Kier molecular flexibility index (Phi) is 26.8. The van der Waals surface area contributed by atoms with E-state index in [1.165, 1.54) is 0 Å². The Morgan fingerprint density at radius 2 is 1.06 bits per heavy atom. The van der Waals surface area contributed by atoms with E-state index in [2.05, 4.69) is 13.8 Å². The lowest BCUT2D eigenvalue weighted by atomic mass is 10.3. The van der Waals surface area contributed by atoms with Crippen molar-refractivity contribution >= 4 is 0 Å². The Balaban J connectivity index is -0.000000183. The normalized spacial score (nSPS) is 12.8. The molecule has 0 rings (SSSR count). The molecule has 0 radical (unpaired) electrons. The van der Waals surface area contributed by atoms with Crippen molar-refractivity contribution in [2.45, 2.75) is 52.7 Å². The van der Waals surface area contributed by atoms with Gasteiger partial charge in [-0.3, -0.25) is 0 Å². The standard InChI is InChI=1S/2C5H13NO.C2H6/c2*1-3-5(4-6)7-2;1-2/h2*5H,3-4,6H2,1-2H3;1-2H3. The second-order valence-corrected chi connectivity index (χ2v) is 3.00. The molecule has 0 fully saturated rings. The molecule has 0 aromatic heterocycles. The highest BCUT2D eigenvalue weighted by Crippen LogP contribution is 1.90. The van der Waals surface area contributed by atoms with E-state index in [4.69, 9.17) is 20.9 Å². The largest absolute Gasteiger partial charge is 0.380 e. The van der Waals surface area contributed by atoms with Crippen molar-refractivity contribution in [3.63, 3.8) is 0 Å². The fourth-order valence-corrected chi connectivity index (χ4v) is 0.859. The molecule has 0 spiro atoms. The van der Waals surface area contributed by atoms with Crippen molar-refractivity contribution in [1.82, 2.24) is 0 Å². The Morgan fingerprint density at radius 1 is 0.812 bits per heavy atom. The summed E-state index contributed by atoms with van der Waals surface area (Å²) in [5, 5.41) is 0. The second kappa shape index (κ2) is 20.3. The molecule has 0 aliphatic rings. The van der Waals surface area contributed by atoms with E-state index in [1.807, 2.05) is 13.8 Å². The summed E-state index contributed by atoms with van der Waals surface area (Å²) in [5.41, 5.74) is 10.5. The molecule has 2 unspecified atom stereocenters. The van der Waals surface area contributed by atoms with Crippen LogP contribution >= 0.6 is 0 Å². The molecule has 0 aliphatic heterocycles. The smallest absolute Gasteiger partial charge is 0.0690 e. The predicted molar refractivity (Wildman–Crippen MR) is 71.6 cm³/mol. The van der Waals surface area contributed by atoms with Gasteiger partial charge in [0.15, 0.2) is 0 Å². The molecule has 16 heavy (non-hydrogen) atoms. The lowest BCUT2D eigenvalue weighted by Gasteiger charge is -2.07. The van der Waals surface area contributed by atoms with Crippen LogP contribution in [0.2, 0.25) is 0 Å². The summed E-state index contributed by atoms with van der Waals surface area (Å²) in [4.78, 5) is 0. The molecule has 0 saturated heterocycles. The summed E-state index contributed by atoms with van der Waals surface area (Å²) in [6.45, 7) is 9.38. The van der Waals surface area contributed by atoms with E-state index in [-0.39, 0.29) is 12.2 Å². The highest BCUT2D eigenvalue weighted by Gasteiger charge is 1.97. The van der Waals surface area contributed by atoms with Gasteiger partial charge in [0.2, 0.25) is 0 Å². The molecule has 0 aliphatic carbocycles. The summed E-state index contributed by atoms with van der Waals surface area (Å²) in [6, 6.07) is 0. The summed E-state index contributed by atoms with van der Waals surface area (Å²) in [5.74, 6) is 0. The van der Waals surface area contributed by atoms with Crippen LogP contribution in [0.15, 0.2) is 0 Å². The molecule has 2 atom stereocenters. The number of hydrogen-bond acceptors (Lipinski definition) is 4. The maximum absolute atomic E-state index is 5.27. The minimum Gasteiger partial charge on any atom is -0.380 e. The summed E-state index contributed by atoms with van der Waals surface area (Å²) in [7, 11) is 3.36. The van der Waals surface area contributed by atoms with Crippen molar-refractivity contribution in [3.8, 4) is 0 Å². The molecular formula is C12H32N2O2. The van der Waals surface area contributed by atoms with Crippen LogP contribution in [0.5, 0.6) is 0 Å². The molecule has 0 heterocycles. The first-order valence-corrected chi connectivity index (χ1v) is 6.15. The van der Waals surface area contributed by atoms with E-state index in [0.29, 0.717) is 13.1 Å². The van der Waals surface area contributed by atoms with Crippen LogP contribution in [-0.2, 0) is 9.47 Å². The van der Waals surface area contributed by atoms with Gasteiger partial charge < -0.3 is 20.9 Å². The molecule has 4 heteroatoms. The topological polar surface area (TPSA) is 70.5 Å². The number of methoxy groups -OCH3 is 2. The van der Waals surface area contributed by atoms with E-state index < -0.39 is 0 Å². The molecule has 0 bridgehead atoms. The van der Waals surface area contributed by atoms with Crippen LogP contribution in [0.25, 0.3) is 0 Å². The third kappa shape index (κ3) is 16.3. The monoisotopic (exact) mass is 236 g/mol. The van der Waals surface area contributed by atoms with Gasteiger partial charge in [-0.1, -0.05) is 27.7 Å². The third-order valence-electron chi connectivity index (χ3n) is 2.10. The molecular weight excluding hydrogens is 204 g/mol. The highest BCUT2D eigenvalue weighted by atomic mass is 16.5. The molecule has 102 valence electrons. The van der Waals surface area contributed by atoms with Crippen LogP contribution in [0, 0.1) is 0 Å². The molecule has 0 aromatic rings. The van der Waals surface area contributed by atoms with Gasteiger partial charge in [-0.25, -0.2) is 0 Å². The first kappa shape index (κ1) is 21.2. The quantitative estimate of drug-likeness (QED) is 0.737. The fourth-order valence-electron chi connectivity index (χ4n) is 0.859. The minimum absolute atomic E-state index is 0.264. The lowest BCUT2D eigenvalue weighted by molar-refractivity contribution is 0.106. The van der Waals surface area contributed by atoms with E-state index >= 15 is 0 Å². The Labute approximate surface area is 102 Å². The zero-order chi connectivity index (χ0) is 13.4. The molecule has 0 saturated carbocycles. The van der Waals surface area contributed by atoms with Crippen molar-refractivity contribution in [2.24, 2.45) is 11.5 Å². The summed E-state index contributed by atoms with van der Waals surface area (Å²) in [6.07, 6.45) is 2.54. The van der Waals surface area contributed by atoms with Crippen LogP contribution in [-0.4, -0.2) is 39.5 Å². The zero-order valence-electron chi connectivity index (χ0n) is 12.0. The van der Waals surface area contributed by atoms with E-state index in [1.54, 1.807) is 14.2 Å². The average molecular weight is 236 g/mol. The maximum atomic E-state index is 5.27. The molecule has 0 amide bonds. The predicted octanol–water partition coefficient (Wildman–Crippen LogP) is 1.77. The van der Waals surface area contributed by atoms with E-state index in [9.17, 15) is 0 Å². The van der Waals surface area contributed by atoms with Crippen LogP contribution < -0.4 is 11.5 Å². The van der Waals surface area contributed by atoms with Gasteiger partial charge in [-0.15, -0.1) is 0 Å². The SMILES string of the molecule is CC.CCC(CN)OC.CCC(CN)OC. The summed E-state index contributed by atoms with van der Waals surface area (Å²) >= 11 is 0. The van der Waals surface area contributed by atoms with Crippen LogP contribution in [0.3, 0.4) is 0 Å². The maximum Gasteiger partial charge on any atom is 0.0690 e. The van der Waals surface area contributed by atoms with Crippen molar-refractivity contribution in [2.75, 3.05) is 27.3 Å². The Hall–Kier alpha value is -0.160. The van der Waals surface area contributed by atoms with E-state index in [0.717, 1.165) is 12.8 Å². The van der Waals surface area contributed by atoms with Crippen molar-refractivity contribution < 1.29 is 9.47 Å². The van der Waals surface area contributed by atoms with Crippen molar-refractivity contribution in [1.29, 1.82) is 0 Å². The number of rotatable bonds is 6. The Bertz CT molecular complexity index is 72.0. The van der Waals surface area contributed by atoms with Gasteiger partial charge in [0.25, 0.3) is 0 Å². The minimum atomic E-state index is 0.264. The number of ether oxygens (including phenoxy) is 2. The van der Waals surface area contributed by atoms with Crippen LogP contribution in [0.1, 0.15) is 40.5 Å². The van der Waals surface area contributed by atoms with Gasteiger partial charge in [-0.05, 0) is 12.8 Å². The van der Waals surface area contributed by atoms with Gasteiger partial charge in [0.05, 0.1) is 12.2 Å². The van der Waals surface area contributed by atoms with Gasteiger partial charge >= 0.3 is 0 Å². The number of nitrogens with two attached hydrogens (primary N) is 2. The molecule has 4 nitrogen and oxygen atoms in total. The Morgan fingerprint density at radius 3 is 1.06 bits per heavy atom. The lowest BCUT2D eigenvalue weighted by Crippen LogP contribution is -2.20. The zero-order valence-corrected chi connectivity index (χ0v) is 12.0. The fraction of sp³-hybridized carbons (Fsp3) is 1.00. The first-order valence-electron chi connectivity index (χ1n) is 6.15. The molecule has 4 N–H and O–H groups in total.